The molecule has 2 rings (SSSR count). The zero-order valence-corrected chi connectivity index (χ0v) is 19.4. The number of carbonyl (C=O) groups is 1. The topological polar surface area (TPSA) is 72.5 Å². The molecule has 0 saturated carbocycles. The second kappa shape index (κ2) is 10.2. The summed E-state index contributed by atoms with van der Waals surface area (Å²) in [5.74, 6) is -0.472. The van der Waals surface area contributed by atoms with Crippen LogP contribution < -0.4 is 4.72 Å². The van der Waals surface area contributed by atoms with Crippen molar-refractivity contribution in [3.63, 3.8) is 0 Å². The maximum Gasteiger partial charge on any atom is 0.310 e. The molecule has 0 heterocycles. The molecule has 5 nitrogen and oxygen atoms in total. The number of nitrogens with one attached hydrogen (secondary N) is 1. The van der Waals surface area contributed by atoms with E-state index in [-0.39, 0.29) is 17.7 Å². The van der Waals surface area contributed by atoms with Crippen LogP contribution in [0.4, 0.5) is 0 Å². The van der Waals surface area contributed by atoms with Crippen LogP contribution in [-0.2, 0) is 19.6 Å². The molecule has 0 aliphatic heterocycles. The van der Waals surface area contributed by atoms with Gasteiger partial charge in [0.15, 0.2) is 0 Å². The Labute approximate surface area is 190 Å². The summed E-state index contributed by atoms with van der Waals surface area (Å²) in [5, 5.41) is 1.09. The first-order chi connectivity index (χ1) is 13.5. The van der Waals surface area contributed by atoms with Crippen LogP contribution in [0.1, 0.15) is 19.8 Å². The normalized spacial score (nSPS) is 12.4. The predicted octanol–water partition coefficient (Wildman–Crippen LogP) is 5.30. The number of benzene rings is 2. The molecule has 2 aromatic carbocycles. The van der Waals surface area contributed by atoms with Gasteiger partial charge in [-0.15, -0.1) is 0 Å². The quantitative estimate of drug-likeness (QED) is 0.398. The number of thiocarbonyl (C=S) groups is 1. The molecule has 0 aliphatic rings. The van der Waals surface area contributed by atoms with Crippen molar-refractivity contribution >= 4 is 67.9 Å². The summed E-state index contributed by atoms with van der Waals surface area (Å²) in [6.45, 7) is 1.66. The van der Waals surface area contributed by atoms with E-state index in [4.69, 9.17) is 47.0 Å². The Morgan fingerprint density at radius 2 is 1.69 bits per heavy atom. The molecule has 0 bridgehead atoms. The van der Waals surface area contributed by atoms with Crippen molar-refractivity contribution in [1.29, 1.82) is 0 Å². The lowest BCUT2D eigenvalue weighted by Gasteiger charge is -2.17. The summed E-state index contributed by atoms with van der Waals surface area (Å²) in [7, 11) is -2.69. The first kappa shape index (κ1) is 24.1. The van der Waals surface area contributed by atoms with Crippen molar-refractivity contribution in [2.24, 2.45) is 0 Å². The highest BCUT2D eigenvalue weighted by atomic mass is 35.5. The minimum atomic E-state index is -3.95. The van der Waals surface area contributed by atoms with E-state index in [0.717, 1.165) is 0 Å². The molecule has 2 aromatic rings. The number of sulfonamides is 1. The minimum Gasteiger partial charge on any atom is -0.469 e. The number of hydrogen-bond acceptors (Lipinski definition) is 5. The molecule has 0 spiro atoms. The molecule has 1 N–H and O–H groups in total. The molecule has 10 heteroatoms. The van der Waals surface area contributed by atoms with Crippen LogP contribution in [-0.4, -0.2) is 32.4 Å². The van der Waals surface area contributed by atoms with Gasteiger partial charge in [0.2, 0.25) is 10.0 Å². The highest BCUT2D eigenvalue weighted by Gasteiger charge is 2.24. The largest absolute Gasteiger partial charge is 0.469 e. The predicted molar refractivity (Wildman–Crippen MR) is 121 cm³/mol. The summed E-state index contributed by atoms with van der Waals surface area (Å²) in [5.41, 5.74) is 0.762. The van der Waals surface area contributed by atoms with E-state index in [1.54, 1.807) is 25.1 Å². The van der Waals surface area contributed by atoms with Crippen molar-refractivity contribution in [1.82, 2.24) is 4.72 Å². The second-order valence-corrected chi connectivity index (χ2v) is 9.82. The summed E-state index contributed by atoms with van der Waals surface area (Å²) in [6.07, 6.45) is 0.146. The monoisotopic (exact) mass is 493 g/mol. The number of halogens is 3. The molecule has 29 heavy (non-hydrogen) atoms. The molecule has 0 aromatic heterocycles. The third-order valence-corrected chi connectivity index (χ3v) is 6.67. The van der Waals surface area contributed by atoms with Gasteiger partial charge >= 0.3 is 5.97 Å². The molecular weight excluding hydrogens is 477 g/mol. The van der Waals surface area contributed by atoms with Crippen LogP contribution in [0, 0.1) is 0 Å². The fourth-order valence-corrected chi connectivity index (χ4v) is 5.04. The summed E-state index contributed by atoms with van der Waals surface area (Å²) >= 11 is 23.6. The van der Waals surface area contributed by atoms with E-state index in [2.05, 4.69) is 9.46 Å². The number of rotatable bonds is 8. The van der Waals surface area contributed by atoms with E-state index < -0.39 is 22.0 Å². The second-order valence-electron chi connectivity index (χ2n) is 6.28. The molecule has 0 fully saturated rings. The zero-order valence-electron chi connectivity index (χ0n) is 15.5. The van der Waals surface area contributed by atoms with Gasteiger partial charge in [-0.05, 0) is 49.7 Å². The SMILES string of the molecule is COC(=O)CC(=S)C[C@@H](C)NS(=O)(=O)c1ccc(Cl)cc1-c1cc(Cl)ccc1Cl. The average Bonchev–Trinajstić information content (AvgIpc) is 2.62. The lowest BCUT2D eigenvalue weighted by molar-refractivity contribution is -0.139. The van der Waals surface area contributed by atoms with E-state index in [0.29, 0.717) is 31.1 Å². The highest BCUT2D eigenvalue weighted by Crippen LogP contribution is 2.36. The summed E-state index contributed by atoms with van der Waals surface area (Å²) in [4.78, 5) is 11.7. The smallest absolute Gasteiger partial charge is 0.310 e. The fraction of sp³-hybridized carbons (Fsp3) is 0.263. The zero-order chi connectivity index (χ0) is 21.8. The van der Waals surface area contributed by atoms with Crippen LogP contribution in [0.5, 0.6) is 0 Å². The maximum atomic E-state index is 13.0. The molecule has 0 unspecified atom stereocenters. The van der Waals surface area contributed by atoms with Crippen LogP contribution in [0.2, 0.25) is 15.1 Å². The van der Waals surface area contributed by atoms with Gasteiger partial charge in [0, 0.05) is 37.1 Å². The highest BCUT2D eigenvalue weighted by molar-refractivity contribution is 7.89. The minimum absolute atomic E-state index is 0.00296. The van der Waals surface area contributed by atoms with Gasteiger partial charge in [-0.3, -0.25) is 4.79 Å². The van der Waals surface area contributed by atoms with Crippen LogP contribution >= 0.6 is 47.0 Å². The Bertz CT molecular complexity index is 1040. The van der Waals surface area contributed by atoms with Crippen LogP contribution in [0.3, 0.4) is 0 Å². The Kier molecular flexibility index (Phi) is 8.46. The number of esters is 1. The molecule has 0 radical (unpaired) electrons. The first-order valence-corrected chi connectivity index (χ1v) is 11.4. The maximum absolute atomic E-state index is 13.0. The van der Waals surface area contributed by atoms with Crippen molar-refractivity contribution in [3.8, 4) is 11.1 Å². The van der Waals surface area contributed by atoms with E-state index in [9.17, 15) is 13.2 Å². The molecule has 156 valence electrons. The van der Waals surface area contributed by atoms with Gasteiger partial charge in [-0.1, -0.05) is 47.0 Å². The van der Waals surface area contributed by atoms with E-state index in [1.165, 1.54) is 25.3 Å². The average molecular weight is 495 g/mol. The van der Waals surface area contributed by atoms with E-state index >= 15 is 0 Å². The lowest BCUT2D eigenvalue weighted by Crippen LogP contribution is -2.34. The van der Waals surface area contributed by atoms with Gasteiger partial charge < -0.3 is 4.74 Å². The van der Waals surface area contributed by atoms with Gasteiger partial charge in [-0.25, -0.2) is 13.1 Å². The van der Waals surface area contributed by atoms with E-state index in [1.807, 2.05) is 0 Å². The van der Waals surface area contributed by atoms with Crippen molar-refractivity contribution in [2.75, 3.05) is 7.11 Å². The van der Waals surface area contributed by atoms with Crippen molar-refractivity contribution in [2.45, 2.75) is 30.7 Å². The Morgan fingerprint density at radius 1 is 1.10 bits per heavy atom. The molecule has 0 aliphatic carbocycles. The summed E-state index contributed by atoms with van der Waals surface area (Å²) < 4.78 is 33.2. The summed E-state index contributed by atoms with van der Waals surface area (Å²) in [6, 6.07) is 8.60. The Morgan fingerprint density at radius 3 is 2.31 bits per heavy atom. The molecule has 0 saturated heterocycles. The molecule has 0 amide bonds. The van der Waals surface area contributed by atoms with Gasteiger partial charge in [0.25, 0.3) is 0 Å². The standard InChI is InChI=1S/C19H18Cl3NO4S2/c1-11(7-14(28)10-19(24)27-2)23-29(25,26)18-6-4-13(21)9-16(18)15-8-12(20)3-5-17(15)22/h3-6,8-9,11,23H,7,10H2,1-2H3/t11-/m1/s1. The van der Waals surface area contributed by atoms with Crippen molar-refractivity contribution < 1.29 is 17.9 Å². The first-order valence-electron chi connectivity index (χ1n) is 8.39. The van der Waals surface area contributed by atoms with Crippen LogP contribution in [0.15, 0.2) is 41.3 Å². The lowest BCUT2D eigenvalue weighted by atomic mass is 10.1. The Balaban J connectivity index is 2.34. The number of ether oxygens (including phenoxy) is 1. The Hall–Kier alpha value is -1.22. The van der Waals surface area contributed by atoms with Gasteiger partial charge in [0.05, 0.1) is 18.4 Å². The van der Waals surface area contributed by atoms with Gasteiger partial charge in [0.1, 0.15) is 0 Å². The number of hydrogen-bond donors (Lipinski definition) is 1. The van der Waals surface area contributed by atoms with Gasteiger partial charge in [-0.2, -0.15) is 0 Å². The molecular formula is C19H18Cl3NO4S2. The molecule has 1 atom stereocenters. The third kappa shape index (κ3) is 6.64. The van der Waals surface area contributed by atoms with Crippen molar-refractivity contribution in [3.05, 3.63) is 51.5 Å². The van der Waals surface area contributed by atoms with Crippen LogP contribution in [0.25, 0.3) is 11.1 Å². The third-order valence-electron chi connectivity index (χ3n) is 3.91. The number of carbonyl (C=O) groups excluding carboxylic acids is 1. The fourth-order valence-electron chi connectivity index (χ4n) is 2.67. The number of methoxy groups -OCH3 is 1.